The Morgan fingerprint density at radius 1 is 0.931 bits per heavy atom. The van der Waals surface area contributed by atoms with Gasteiger partial charge in [0.2, 0.25) is 0 Å². The van der Waals surface area contributed by atoms with Gasteiger partial charge < -0.3 is 13.7 Å². The lowest BCUT2D eigenvalue weighted by atomic mass is 10.0. The molecule has 7 heteroatoms. The minimum absolute atomic E-state index is 0.436. The number of imidazole rings is 3. The molecule has 4 aromatic rings. The number of benzene rings is 1. The Bertz CT molecular complexity index is 1050. The molecule has 0 aliphatic heterocycles. The molecule has 0 radical (unpaired) electrons. The summed E-state index contributed by atoms with van der Waals surface area (Å²) in [5.41, 5.74) is 2.25. The molecule has 1 saturated carbocycles. The van der Waals surface area contributed by atoms with Crippen molar-refractivity contribution >= 4 is 22.8 Å². The van der Waals surface area contributed by atoms with Crippen LogP contribution in [0.25, 0.3) is 11.0 Å². The first-order valence-electron chi connectivity index (χ1n) is 10.4. The van der Waals surface area contributed by atoms with E-state index >= 15 is 0 Å². The summed E-state index contributed by atoms with van der Waals surface area (Å²) >= 11 is 1.84. The molecule has 29 heavy (non-hydrogen) atoms. The van der Waals surface area contributed by atoms with E-state index in [0.29, 0.717) is 12.1 Å². The fraction of sp³-hybridized carbons (Fsp3) is 0.409. The second kappa shape index (κ2) is 8.45. The summed E-state index contributed by atoms with van der Waals surface area (Å²) in [6.45, 7) is 0.924. The number of aromatic nitrogens is 6. The summed E-state index contributed by atoms with van der Waals surface area (Å²) in [5.74, 6) is 0.972. The number of hydrogen-bond acceptors (Lipinski definition) is 4. The van der Waals surface area contributed by atoms with Gasteiger partial charge in [0.15, 0.2) is 5.16 Å². The van der Waals surface area contributed by atoms with E-state index in [4.69, 9.17) is 4.98 Å². The molecule has 5 rings (SSSR count). The maximum absolute atomic E-state index is 4.70. The largest absolute Gasteiger partial charge is 0.332 e. The van der Waals surface area contributed by atoms with Crippen molar-refractivity contribution in [2.75, 3.05) is 5.75 Å². The molecular formula is C22H26N6S. The van der Waals surface area contributed by atoms with Gasteiger partial charge in [-0.2, -0.15) is 0 Å². The van der Waals surface area contributed by atoms with Crippen molar-refractivity contribution in [1.82, 2.24) is 28.7 Å². The lowest BCUT2D eigenvalue weighted by Crippen LogP contribution is -2.21. The Morgan fingerprint density at radius 3 is 2.72 bits per heavy atom. The molecule has 1 aliphatic carbocycles. The Morgan fingerprint density at radius 2 is 1.83 bits per heavy atom. The third kappa shape index (κ3) is 3.83. The first-order chi connectivity index (χ1) is 14.4. The molecule has 3 heterocycles. The molecule has 2 unspecified atom stereocenters. The van der Waals surface area contributed by atoms with Gasteiger partial charge in [0.1, 0.15) is 0 Å². The molecule has 0 N–H and O–H groups in total. The summed E-state index contributed by atoms with van der Waals surface area (Å²) in [4.78, 5) is 13.5. The van der Waals surface area contributed by atoms with Crippen LogP contribution in [0, 0.1) is 0 Å². The van der Waals surface area contributed by atoms with Gasteiger partial charge in [-0.05, 0) is 25.0 Å². The van der Waals surface area contributed by atoms with Crippen LogP contribution in [-0.4, -0.2) is 34.4 Å². The lowest BCUT2D eigenvalue weighted by Gasteiger charge is -2.28. The van der Waals surface area contributed by atoms with Crippen LogP contribution in [0.1, 0.15) is 44.2 Å². The number of rotatable bonds is 6. The van der Waals surface area contributed by atoms with Crippen LogP contribution in [0.5, 0.6) is 0 Å². The van der Waals surface area contributed by atoms with Crippen molar-refractivity contribution in [3.63, 3.8) is 0 Å². The van der Waals surface area contributed by atoms with E-state index in [1.807, 2.05) is 42.9 Å². The number of nitrogens with zero attached hydrogens (tertiary/aromatic N) is 6. The summed E-state index contributed by atoms with van der Waals surface area (Å²) in [6, 6.07) is 9.19. The zero-order valence-corrected chi connectivity index (χ0v) is 17.3. The predicted molar refractivity (Wildman–Crippen MR) is 116 cm³/mol. The highest BCUT2D eigenvalue weighted by Crippen LogP contribution is 2.38. The molecule has 0 bridgehead atoms. The van der Waals surface area contributed by atoms with Gasteiger partial charge in [-0.1, -0.05) is 43.2 Å². The molecule has 2 atom stereocenters. The zero-order chi connectivity index (χ0) is 19.5. The highest BCUT2D eigenvalue weighted by Gasteiger charge is 2.27. The van der Waals surface area contributed by atoms with Crippen molar-refractivity contribution in [1.29, 1.82) is 0 Å². The van der Waals surface area contributed by atoms with Crippen molar-refractivity contribution < 1.29 is 0 Å². The van der Waals surface area contributed by atoms with Gasteiger partial charge in [0, 0.05) is 37.1 Å². The number of fused-ring (bicyclic) bond motifs is 1. The summed E-state index contributed by atoms with van der Waals surface area (Å²) in [6.07, 6.45) is 18.3. The Hall–Kier alpha value is -2.54. The van der Waals surface area contributed by atoms with Gasteiger partial charge in [-0.3, -0.25) is 0 Å². The van der Waals surface area contributed by atoms with Crippen molar-refractivity contribution in [2.24, 2.45) is 0 Å². The molecule has 1 fully saturated rings. The summed E-state index contributed by atoms with van der Waals surface area (Å²) in [5, 5.41) is 1.12. The average molecular weight is 407 g/mol. The molecule has 0 saturated heterocycles. The number of aryl methyl sites for hydroxylation is 1. The standard InChI is InChI=1S/C22H26N6S/c1-2-8-20(26-12-10-23-16-26)21(9-3-1)28-13-11-24-22(28)29-15-14-27-17-25-18-6-4-5-7-19(18)27/h4-7,10-13,16-17,20-21H,1-3,8-9,14-15H2. The Kier molecular flexibility index (Phi) is 5.39. The van der Waals surface area contributed by atoms with E-state index in [1.54, 1.807) is 0 Å². The van der Waals surface area contributed by atoms with E-state index < -0.39 is 0 Å². The highest BCUT2D eigenvalue weighted by molar-refractivity contribution is 7.99. The van der Waals surface area contributed by atoms with Crippen LogP contribution in [0.15, 0.2) is 66.9 Å². The quantitative estimate of drug-likeness (QED) is 0.335. The van der Waals surface area contributed by atoms with Crippen LogP contribution in [0.3, 0.4) is 0 Å². The monoisotopic (exact) mass is 406 g/mol. The minimum Gasteiger partial charge on any atom is -0.332 e. The van der Waals surface area contributed by atoms with Crippen molar-refractivity contribution in [2.45, 2.75) is 55.9 Å². The van der Waals surface area contributed by atoms with E-state index in [-0.39, 0.29) is 0 Å². The zero-order valence-electron chi connectivity index (χ0n) is 16.5. The molecular weight excluding hydrogens is 380 g/mol. The molecule has 1 aliphatic rings. The van der Waals surface area contributed by atoms with Crippen LogP contribution in [0.4, 0.5) is 0 Å². The van der Waals surface area contributed by atoms with E-state index in [9.17, 15) is 0 Å². The molecule has 0 amide bonds. The number of hydrogen-bond donors (Lipinski definition) is 0. The minimum atomic E-state index is 0.436. The summed E-state index contributed by atoms with van der Waals surface area (Å²) < 4.78 is 6.93. The van der Waals surface area contributed by atoms with Gasteiger partial charge in [-0.15, -0.1) is 0 Å². The van der Waals surface area contributed by atoms with Crippen LogP contribution in [-0.2, 0) is 6.54 Å². The number of thioether (sulfide) groups is 1. The van der Waals surface area contributed by atoms with Crippen molar-refractivity contribution in [3.8, 4) is 0 Å². The number of para-hydroxylation sites is 2. The second-order valence-corrected chi connectivity index (χ2v) is 8.74. The molecule has 150 valence electrons. The van der Waals surface area contributed by atoms with Gasteiger partial charge in [0.25, 0.3) is 0 Å². The Labute approximate surface area is 175 Å². The van der Waals surface area contributed by atoms with Crippen LogP contribution in [0.2, 0.25) is 0 Å². The fourth-order valence-electron chi connectivity index (χ4n) is 4.49. The van der Waals surface area contributed by atoms with Gasteiger partial charge in [-0.25, -0.2) is 15.0 Å². The van der Waals surface area contributed by atoms with Crippen molar-refractivity contribution in [3.05, 3.63) is 61.7 Å². The van der Waals surface area contributed by atoms with Gasteiger partial charge >= 0.3 is 0 Å². The van der Waals surface area contributed by atoms with Gasteiger partial charge in [0.05, 0.1) is 35.8 Å². The summed E-state index contributed by atoms with van der Waals surface area (Å²) in [7, 11) is 0. The van der Waals surface area contributed by atoms with Crippen LogP contribution >= 0.6 is 11.8 Å². The Balaban J connectivity index is 1.32. The van der Waals surface area contributed by atoms with E-state index in [1.165, 1.54) is 37.6 Å². The smallest absolute Gasteiger partial charge is 0.168 e. The average Bonchev–Trinajstić information content (AvgIpc) is 3.48. The molecule has 0 spiro atoms. The van der Waals surface area contributed by atoms with Crippen LogP contribution < -0.4 is 0 Å². The lowest BCUT2D eigenvalue weighted by molar-refractivity contribution is 0.293. The normalized spacial score (nSPS) is 20.1. The molecule has 6 nitrogen and oxygen atoms in total. The maximum atomic E-state index is 4.70. The van der Waals surface area contributed by atoms with E-state index in [2.05, 4.69) is 54.3 Å². The predicted octanol–water partition coefficient (Wildman–Crippen LogP) is 4.97. The topological polar surface area (TPSA) is 53.5 Å². The third-order valence-electron chi connectivity index (χ3n) is 5.93. The van der Waals surface area contributed by atoms with E-state index in [0.717, 1.165) is 23.0 Å². The fourth-order valence-corrected chi connectivity index (χ4v) is 5.44. The molecule has 1 aromatic carbocycles. The second-order valence-electron chi connectivity index (χ2n) is 7.67. The maximum Gasteiger partial charge on any atom is 0.168 e. The first kappa shape index (κ1) is 18.5. The molecule has 3 aromatic heterocycles. The SMILES string of the molecule is c1ccc2c(c1)ncn2CCSc1nccn1C1CCCCCC1n1ccnc1. The third-order valence-corrected chi connectivity index (χ3v) is 6.89. The first-order valence-corrected chi connectivity index (χ1v) is 11.4. The highest BCUT2D eigenvalue weighted by atomic mass is 32.2.